The number of carbonyl (C=O) groups excluding carboxylic acids is 3. The van der Waals surface area contributed by atoms with E-state index in [0.717, 1.165) is 17.2 Å². The number of nitro groups is 1. The molecule has 0 aliphatic carbocycles. The summed E-state index contributed by atoms with van der Waals surface area (Å²) in [6, 6.07) is 14.8. The summed E-state index contributed by atoms with van der Waals surface area (Å²) < 4.78 is 11.6. The van der Waals surface area contributed by atoms with Crippen LogP contribution in [0, 0.1) is 17.0 Å². The first-order chi connectivity index (χ1) is 18.2. The topological polar surface area (TPSA) is 128 Å². The van der Waals surface area contributed by atoms with Crippen molar-refractivity contribution in [1.29, 1.82) is 0 Å². The van der Waals surface area contributed by atoms with Crippen LogP contribution in [0.25, 0.3) is 6.08 Å². The number of hydrogen-bond acceptors (Lipinski definition) is 7. The standard InChI is InChI=1S/C27H22ClN3O7/c1-3-37-23-13-18(12-22(28)24(23)38-15-17-9-7-16(2)8-10-17)11-21-25(32)29-27(34)30(26(21)33)19-5-4-6-20(14-19)31(35)36/h4-14H,3,15H2,1-2H3,(H,29,32,34)/b21-11+. The van der Waals surface area contributed by atoms with Crippen LogP contribution in [-0.4, -0.2) is 29.4 Å². The zero-order chi connectivity index (χ0) is 27.4. The van der Waals surface area contributed by atoms with Gasteiger partial charge in [0.1, 0.15) is 12.2 Å². The Kier molecular flexibility index (Phi) is 7.73. The van der Waals surface area contributed by atoms with Gasteiger partial charge in [0.2, 0.25) is 0 Å². The Hall–Kier alpha value is -4.70. The molecule has 1 aliphatic rings. The van der Waals surface area contributed by atoms with Crippen molar-refractivity contribution in [3.63, 3.8) is 0 Å². The van der Waals surface area contributed by atoms with Crippen molar-refractivity contribution in [3.8, 4) is 11.5 Å². The number of nitrogens with zero attached hydrogens (tertiary/aromatic N) is 2. The molecule has 3 aromatic rings. The molecule has 1 N–H and O–H groups in total. The molecule has 1 fully saturated rings. The van der Waals surface area contributed by atoms with Gasteiger partial charge in [-0.2, -0.15) is 0 Å². The lowest BCUT2D eigenvalue weighted by molar-refractivity contribution is -0.384. The fourth-order valence-electron chi connectivity index (χ4n) is 3.72. The fraction of sp³-hybridized carbons (Fsp3) is 0.148. The van der Waals surface area contributed by atoms with Crippen molar-refractivity contribution >= 4 is 46.9 Å². The quantitative estimate of drug-likeness (QED) is 0.182. The number of benzene rings is 3. The second kappa shape index (κ2) is 11.1. The van der Waals surface area contributed by atoms with Crippen molar-refractivity contribution in [3.05, 3.63) is 98.1 Å². The highest BCUT2D eigenvalue weighted by molar-refractivity contribution is 6.39. The number of nitrogens with one attached hydrogen (secondary N) is 1. The van der Waals surface area contributed by atoms with E-state index in [2.05, 4.69) is 5.32 Å². The number of anilines is 1. The molecule has 1 saturated heterocycles. The molecule has 0 atom stereocenters. The number of rotatable bonds is 8. The summed E-state index contributed by atoms with van der Waals surface area (Å²) in [4.78, 5) is 49.4. The number of aryl methyl sites for hydroxylation is 1. The van der Waals surface area contributed by atoms with E-state index < -0.39 is 22.8 Å². The summed E-state index contributed by atoms with van der Waals surface area (Å²) in [5.41, 5.74) is 1.63. The molecular weight excluding hydrogens is 514 g/mol. The van der Waals surface area contributed by atoms with Crippen LogP contribution in [0.4, 0.5) is 16.2 Å². The van der Waals surface area contributed by atoms with Gasteiger partial charge in [-0.05, 0) is 49.2 Å². The molecule has 3 aromatic carbocycles. The van der Waals surface area contributed by atoms with Crippen LogP contribution >= 0.6 is 11.6 Å². The summed E-state index contributed by atoms with van der Waals surface area (Å²) in [6.45, 7) is 4.30. The lowest BCUT2D eigenvalue weighted by Crippen LogP contribution is -2.54. The van der Waals surface area contributed by atoms with Crippen LogP contribution in [0.2, 0.25) is 5.02 Å². The molecule has 1 aliphatic heterocycles. The molecule has 0 bridgehead atoms. The van der Waals surface area contributed by atoms with E-state index in [9.17, 15) is 24.5 Å². The highest BCUT2D eigenvalue weighted by Gasteiger charge is 2.37. The predicted octanol–water partition coefficient (Wildman–Crippen LogP) is 5.20. The van der Waals surface area contributed by atoms with E-state index in [1.807, 2.05) is 31.2 Å². The third-order valence-corrected chi connectivity index (χ3v) is 5.83. The van der Waals surface area contributed by atoms with Crippen LogP contribution < -0.4 is 19.7 Å². The van der Waals surface area contributed by atoms with E-state index >= 15 is 0 Å². The highest BCUT2D eigenvalue weighted by atomic mass is 35.5. The zero-order valence-electron chi connectivity index (χ0n) is 20.4. The second-order valence-corrected chi connectivity index (χ2v) is 8.68. The molecule has 11 heteroatoms. The third kappa shape index (κ3) is 5.65. The molecule has 0 saturated carbocycles. The number of barbiturate groups is 1. The summed E-state index contributed by atoms with van der Waals surface area (Å²) in [6.07, 6.45) is 1.26. The average molecular weight is 536 g/mol. The monoisotopic (exact) mass is 535 g/mol. The van der Waals surface area contributed by atoms with Crippen LogP contribution in [0.3, 0.4) is 0 Å². The van der Waals surface area contributed by atoms with Crippen molar-refractivity contribution in [2.45, 2.75) is 20.5 Å². The minimum atomic E-state index is -1.02. The smallest absolute Gasteiger partial charge is 0.335 e. The maximum Gasteiger partial charge on any atom is 0.335 e. The second-order valence-electron chi connectivity index (χ2n) is 8.27. The molecule has 0 spiro atoms. The van der Waals surface area contributed by atoms with Crippen LogP contribution in [-0.2, 0) is 16.2 Å². The maximum absolute atomic E-state index is 13.2. The van der Waals surface area contributed by atoms with Crippen LogP contribution in [0.1, 0.15) is 23.6 Å². The lowest BCUT2D eigenvalue weighted by atomic mass is 10.1. The number of nitro benzene ring substituents is 1. The van der Waals surface area contributed by atoms with E-state index in [1.165, 1.54) is 30.3 Å². The molecule has 194 valence electrons. The summed E-state index contributed by atoms with van der Waals surface area (Å²) in [7, 11) is 0. The third-order valence-electron chi connectivity index (χ3n) is 5.55. The molecule has 1 heterocycles. The molecule has 0 unspecified atom stereocenters. The normalized spacial score (nSPS) is 14.4. The molecule has 4 amide bonds. The largest absolute Gasteiger partial charge is 0.490 e. The van der Waals surface area contributed by atoms with E-state index in [0.29, 0.717) is 28.6 Å². The number of ether oxygens (including phenoxy) is 2. The lowest BCUT2D eigenvalue weighted by Gasteiger charge is -2.26. The molecule has 38 heavy (non-hydrogen) atoms. The van der Waals surface area contributed by atoms with Crippen LogP contribution in [0.5, 0.6) is 11.5 Å². The first-order valence-corrected chi connectivity index (χ1v) is 11.9. The van der Waals surface area contributed by atoms with Crippen LogP contribution in [0.15, 0.2) is 66.2 Å². The van der Waals surface area contributed by atoms with E-state index in [4.69, 9.17) is 21.1 Å². The summed E-state index contributed by atoms with van der Waals surface area (Å²) in [5.74, 6) is -1.28. The first-order valence-electron chi connectivity index (χ1n) is 11.5. The summed E-state index contributed by atoms with van der Waals surface area (Å²) in [5, 5.41) is 13.4. The number of halogens is 1. The van der Waals surface area contributed by atoms with Crippen molar-refractivity contribution < 1.29 is 28.8 Å². The molecule has 0 radical (unpaired) electrons. The SMILES string of the molecule is CCOc1cc(/C=C2\C(=O)NC(=O)N(c3cccc([N+](=O)[O-])c3)C2=O)cc(Cl)c1OCc1ccc(C)cc1. The highest BCUT2D eigenvalue weighted by Crippen LogP contribution is 2.38. The molecule has 0 aromatic heterocycles. The molecule has 10 nitrogen and oxygen atoms in total. The Morgan fingerprint density at radius 1 is 1.05 bits per heavy atom. The number of hydrogen-bond donors (Lipinski definition) is 1. The Bertz CT molecular complexity index is 1470. The number of urea groups is 1. The Morgan fingerprint density at radius 3 is 2.47 bits per heavy atom. The fourth-order valence-corrected chi connectivity index (χ4v) is 3.99. The minimum absolute atomic E-state index is 0.0620. The van der Waals surface area contributed by atoms with Gasteiger partial charge in [-0.3, -0.25) is 25.0 Å². The van der Waals surface area contributed by atoms with Gasteiger partial charge in [-0.1, -0.05) is 47.5 Å². The number of non-ortho nitro benzene ring substituents is 1. The van der Waals surface area contributed by atoms with Gasteiger partial charge in [0.05, 0.1) is 22.2 Å². The first kappa shape index (κ1) is 26.4. The number of carbonyl (C=O) groups is 3. The van der Waals surface area contributed by atoms with E-state index in [1.54, 1.807) is 13.0 Å². The predicted molar refractivity (Wildman–Crippen MR) is 140 cm³/mol. The maximum atomic E-state index is 13.2. The van der Waals surface area contributed by atoms with Gasteiger partial charge in [-0.25, -0.2) is 9.69 Å². The van der Waals surface area contributed by atoms with Gasteiger partial charge in [-0.15, -0.1) is 0 Å². The van der Waals surface area contributed by atoms with Gasteiger partial charge < -0.3 is 9.47 Å². The van der Waals surface area contributed by atoms with Gasteiger partial charge in [0.15, 0.2) is 11.5 Å². The zero-order valence-corrected chi connectivity index (χ0v) is 21.2. The summed E-state index contributed by atoms with van der Waals surface area (Å²) >= 11 is 6.50. The number of amides is 4. The van der Waals surface area contributed by atoms with E-state index in [-0.39, 0.29) is 28.6 Å². The molecular formula is C27H22ClN3O7. The van der Waals surface area contributed by atoms with Crippen molar-refractivity contribution in [1.82, 2.24) is 5.32 Å². The Balaban J connectivity index is 1.66. The van der Waals surface area contributed by atoms with Gasteiger partial charge in [0, 0.05) is 12.1 Å². The molecule has 4 rings (SSSR count). The Morgan fingerprint density at radius 2 is 1.79 bits per heavy atom. The van der Waals surface area contributed by atoms with Gasteiger partial charge >= 0.3 is 6.03 Å². The van der Waals surface area contributed by atoms with Gasteiger partial charge in [0.25, 0.3) is 17.5 Å². The Labute approximate surface area is 222 Å². The minimum Gasteiger partial charge on any atom is -0.490 e. The number of imide groups is 2. The van der Waals surface area contributed by atoms with Crippen molar-refractivity contribution in [2.75, 3.05) is 11.5 Å². The van der Waals surface area contributed by atoms with Crippen molar-refractivity contribution in [2.24, 2.45) is 0 Å². The average Bonchev–Trinajstić information content (AvgIpc) is 2.87.